The zero-order valence-corrected chi connectivity index (χ0v) is 21.3. The van der Waals surface area contributed by atoms with Crippen LogP contribution in [0.5, 0.6) is 0 Å². The van der Waals surface area contributed by atoms with Gasteiger partial charge in [0.25, 0.3) is 11.8 Å². The summed E-state index contributed by atoms with van der Waals surface area (Å²) in [6, 6.07) is 16.2. The second-order valence-corrected chi connectivity index (χ2v) is 9.80. The van der Waals surface area contributed by atoms with E-state index >= 15 is 0 Å². The summed E-state index contributed by atoms with van der Waals surface area (Å²) in [6.45, 7) is 8.51. The van der Waals surface area contributed by atoms with E-state index in [4.69, 9.17) is 5.10 Å². The van der Waals surface area contributed by atoms with E-state index < -0.39 is 0 Å². The molecule has 9 nitrogen and oxygen atoms in total. The van der Waals surface area contributed by atoms with E-state index in [0.29, 0.717) is 50.5 Å². The molecule has 0 atom stereocenters. The largest absolute Gasteiger partial charge is 0.368 e. The predicted octanol–water partition coefficient (Wildman–Crippen LogP) is 3.25. The maximum Gasteiger partial charge on any atom is 0.275 e. The average Bonchev–Trinajstić information content (AvgIpc) is 3.53. The Morgan fingerprint density at radius 1 is 0.919 bits per heavy atom. The standard InChI is InChI=1S/C28H31N7O2/c1-3-35-24-11-12-34(27(36)25-21-17-19(2)9-10-23(21)29-30-25)18-22(24)26(31-35)28(37)33-15-13-32(14-16-33)20-7-5-4-6-8-20/h4-10,17H,3,11-16,18H2,1-2H3,(H,29,30). The summed E-state index contributed by atoms with van der Waals surface area (Å²) in [4.78, 5) is 33.2. The first-order chi connectivity index (χ1) is 18.0. The molecule has 9 heteroatoms. The summed E-state index contributed by atoms with van der Waals surface area (Å²) in [5.41, 5.74) is 5.93. The number of amides is 2. The summed E-state index contributed by atoms with van der Waals surface area (Å²) in [6.07, 6.45) is 0.665. The van der Waals surface area contributed by atoms with Crippen LogP contribution < -0.4 is 4.90 Å². The van der Waals surface area contributed by atoms with Crippen molar-refractivity contribution in [2.45, 2.75) is 33.4 Å². The molecular weight excluding hydrogens is 466 g/mol. The van der Waals surface area contributed by atoms with Crippen molar-refractivity contribution in [3.63, 3.8) is 0 Å². The minimum absolute atomic E-state index is 0.0497. The van der Waals surface area contributed by atoms with Crippen molar-refractivity contribution in [2.24, 2.45) is 0 Å². The van der Waals surface area contributed by atoms with E-state index in [0.717, 1.165) is 40.8 Å². The van der Waals surface area contributed by atoms with Crippen LogP contribution in [-0.2, 0) is 19.5 Å². The van der Waals surface area contributed by atoms with E-state index in [2.05, 4.69) is 27.2 Å². The normalized spacial score (nSPS) is 15.8. The van der Waals surface area contributed by atoms with Gasteiger partial charge in [-0.2, -0.15) is 10.2 Å². The number of para-hydroxylation sites is 1. The Hall–Kier alpha value is -4.14. The van der Waals surface area contributed by atoms with Crippen LogP contribution in [0, 0.1) is 6.92 Å². The molecule has 1 saturated heterocycles. The third-order valence-electron chi connectivity index (χ3n) is 7.53. The minimum atomic E-state index is -0.123. The van der Waals surface area contributed by atoms with E-state index in [1.807, 2.05) is 59.8 Å². The number of H-pyrrole nitrogens is 1. The first kappa shape index (κ1) is 23.3. The Kier molecular flexibility index (Phi) is 5.90. The van der Waals surface area contributed by atoms with Crippen LogP contribution in [0.3, 0.4) is 0 Å². The van der Waals surface area contributed by atoms with Crippen LogP contribution in [0.25, 0.3) is 10.9 Å². The van der Waals surface area contributed by atoms with Gasteiger partial charge in [0.15, 0.2) is 11.4 Å². The Balaban J connectivity index is 1.23. The number of hydrogen-bond acceptors (Lipinski definition) is 5. The van der Waals surface area contributed by atoms with Crippen LogP contribution in [0.4, 0.5) is 5.69 Å². The molecule has 4 heterocycles. The highest BCUT2D eigenvalue weighted by Crippen LogP contribution is 2.27. The zero-order chi connectivity index (χ0) is 25.5. The summed E-state index contributed by atoms with van der Waals surface area (Å²) >= 11 is 0. The molecule has 0 unspecified atom stereocenters. The van der Waals surface area contributed by atoms with Crippen LogP contribution >= 0.6 is 0 Å². The topological polar surface area (TPSA) is 90.4 Å². The van der Waals surface area contributed by atoms with Gasteiger partial charge in [-0.25, -0.2) is 0 Å². The number of fused-ring (bicyclic) bond motifs is 2. The molecule has 0 spiro atoms. The molecular formula is C28H31N7O2. The van der Waals surface area contributed by atoms with Crippen molar-refractivity contribution < 1.29 is 9.59 Å². The SMILES string of the molecule is CCn1nc(C(=O)N2CCN(c3ccccc3)CC2)c2c1CCN(C(=O)c1n[nH]c3ccc(C)cc13)C2. The molecule has 6 rings (SSSR count). The molecule has 190 valence electrons. The number of nitrogens with zero attached hydrogens (tertiary/aromatic N) is 6. The van der Waals surface area contributed by atoms with Gasteiger partial charge in [-0.1, -0.05) is 29.8 Å². The lowest BCUT2D eigenvalue weighted by atomic mass is 10.0. The van der Waals surface area contributed by atoms with E-state index in [1.165, 1.54) is 5.69 Å². The molecule has 37 heavy (non-hydrogen) atoms. The molecule has 2 aromatic heterocycles. The van der Waals surface area contributed by atoms with Crippen molar-refractivity contribution in [3.05, 3.63) is 76.7 Å². The van der Waals surface area contributed by atoms with E-state index in [1.54, 1.807) is 4.90 Å². The van der Waals surface area contributed by atoms with Crippen LogP contribution in [0.1, 0.15) is 44.7 Å². The Morgan fingerprint density at radius 3 is 2.43 bits per heavy atom. The molecule has 0 aliphatic carbocycles. The van der Waals surface area contributed by atoms with Gasteiger partial charge in [0.1, 0.15) is 0 Å². The summed E-state index contributed by atoms with van der Waals surface area (Å²) in [5.74, 6) is -0.173. The fourth-order valence-electron chi connectivity index (χ4n) is 5.49. The highest BCUT2D eigenvalue weighted by atomic mass is 16.2. The number of rotatable bonds is 4. The Labute approximate surface area is 215 Å². The number of hydrogen-bond donors (Lipinski definition) is 1. The second-order valence-electron chi connectivity index (χ2n) is 9.80. The molecule has 1 fully saturated rings. The van der Waals surface area contributed by atoms with Gasteiger partial charge in [-0.15, -0.1) is 0 Å². The first-order valence-electron chi connectivity index (χ1n) is 13.0. The zero-order valence-electron chi connectivity index (χ0n) is 21.3. The molecule has 0 saturated carbocycles. The minimum Gasteiger partial charge on any atom is -0.368 e. The predicted molar refractivity (Wildman–Crippen MR) is 142 cm³/mol. The third-order valence-corrected chi connectivity index (χ3v) is 7.53. The number of anilines is 1. The third kappa shape index (κ3) is 4.14. The number of aromatic amines is 1. The van der Waals surface area contributed by atoms with Gasteiger partial charge < -0.3 is 14.7 Å². The molecule has 2 aliphatic rings. The fourth-order valence-corrected chi connectivity index (χ4v) is 5.49. The number of carbonyl (C=O) groups excluding carboxylic acids is 2. The number of carbonyl (C=O) groups is 2. The number of aryl methyl sites for hydroxylation is 2. The summed E-state index contributed by atoms with van der Waals surface area (Å²) < 4.78 is 1.93. The van der Waals surface area contributed by atoms with E-state index in [9.17, 15) is 9.59 Å². The monoisotopic (exact) mass is 497 g/mol. The molecule has 2 aliphatic heterocycles. The van der Waals surface area contributed by atoms with Crippen molar-refractivity contribution in [1.82, 2.24) is 29.8 Å². The maximum absolute atomic E-state index is 13.7. The molecule has 0 radical (unpaired) electrons. The lowest BCUT2D eigenvalue weighted by Gasteiger charge is -2.36. The van der Waals surface area contributed by atoms with Crippen molar-refractivity contribution in [1.29, 1.82) is 0 Å². The van der Waals surface area contributed by atoms with Gasteiger partial charge in [-0.3, -0.25) is 19.4 Å². The van der Waals surface area contributed by atoms with Crippen LogP contribution in [0.15, 0.2) is 48.5 Å². The number of benzene rings is 2. The highest BCUT2D eigenvalue weighted by molar-refractivity contribution is 6.05. The molecule has 2 aromatic carbocycles. The average molecular weight is 498 g/mol. The quantitative estimate of drug-likeness (QED) is 0.468. The second kappa shape index (κ2) is 9.38. The lowest BCUT2D eigenvalue weighted by molar-refractivity contribution is 0.0707. The first-order valence-corrected chi connectivity index (χ1v) is 13.0. The summed E-state index contributed by atoms with van der Waals surface area (Å²) in [5, 5.41) is 12.9. The van der Waals surface area contributed by atoms with Crippen LogP contribution in [-0.4, -0.2) is 74.3 Å². The van der Waals surface area contributed by atoms with Gasteiger partial charge in [0, 0.05) is 68.0 Å². The van der Waals surface area contributed by atoms with Crippen molar-refractivity contribution in [2.75, 3.05) is 37.6 Å². The molecule has 2 amide bonds. The number of piperazine rings is 1. The number of aromatic nitrogens is 4. The lowest BCUT2D eigenvalue weighted by Crippen LogP contribution is -2.49. The van der Waals surface area contributed by atoms with Crippen LogP contribution in [0.2, 0.25) is 0 Å². The van der Waals surface area contributed by atoms with Gasteiger partial charge in [0.05, 0.1) is 12.1 Å². The maximum atomic E-state index is 13.7. The molecule has 4 aromatic rings. The smallest absolute Gasteiger partial charge is 0.275 e. The Morgan fingerprint density at radius 2 is 1.68 bits per heavy atom. The highest BCUT2D eigenvalue weighted by Gasteiger charge is 2.34. The number of nitrogens with one attached hydrogen (secondary N) is 1. The summed E-state index contributed by atoms with van der Waals surface area (Å²) in [7, 11) is 0. The van der Waals surface area contributed by atoms with Gasteiger partial charge >= 0.3 is 0 Å². The Bertz CT molecular complexity index is 1460. The molecule has 0 bridgehead atoms. The van der Waals surface area contributed by atoms with Gasteiger partial charge in [-0.05, 0) is 38.1 Å². The molecule has 1 N–H and O–H groups in total. The van der Waals surface area contributed by atoms with E-state index in [-0.39, 0.29) is 11.8 Å². The van der Waals surface area contributed by atoms with Crippen molar-refractivity contribution >= 4 is 28.4 Å². The van der Waals surface area contributed by atoms with Crippen molar-refractivity contribution in [3.8, 4) is 0 Å². The fraction of sp³-hybridized carbons (Fsp3) is 0.357. The van der Waals surface area contributed by atoms with Gasteiger partial charge in [0.2, 0.25) is 0 Å².